The van der Waals surface area contributed by atoms with Crippen molar-refractivity contribution in [3.05, 3.63) is 41.0 Å². The highest BCUT2D eigenvalue weighted by atomic mass is 14.6. The minimum absolute atomic E-state index is 1.04. The number of allylic oxidation sites excluding steroid dienone is 1. The van der Waals surface area contributed by atoms with Gasteiger partial charge in [0.15, 0.2) is 0 Å². The van der Waals surface area contributed by atoms with Crippen LogP contribution in [0.2, 0.25) is 0 Å². The largest absolute Gasteiger partial charge is 0.261 e. The SMILES string of the molecule is C=C/C=c1/cc(C)nc/c1=C/C. The molecule has 1 heteroatoms. The zero-order valence-electron chi connectivity index (χ0n) is 7.54. The van der Waals surface area contributed by atoms with Crippen molar-refractivity contribution in [1.82, 2.24) is 4.98 Å². The molecule has 0 aromatic carbocycles. The van der Waals surface area contributed by atoms with Gasteiger partial charge in [0.1, 0.15) is 0 Å². The van der Waals surface area contributed by atoms with Crippen LogP contribution < -0.4 is 10.4 Å². The number of pyridine rings is 1. The Hall–Kier alpha value is -1.37. The summed E-state index contributed by atoms with van der Waals surface area (Å²) in [6, 6.07) is 2.05. The molecule has 0 radical (unpaired) electrons. The van der Waals surface area contributed by atoms with E-state index in [0.29, 0.717) is 0 Å². The lowest BCUT2D eigenvalue weighted by Gasteiger charge is -1.91. The molecule has 1 rings (SSSR count). The normalized spacial score (nSPS) is 13.5. The Labute approximate surface area is 72.8 Å². The molecule has 0 fully saturated rings. The fourth-order valence-electron chi connectivity index (χ4n) is 1.10. The van der Waals surface area contributed by atoms with E-state index in [-0.39, 0.29) is 0 Å². The van der Waals surface area contributed by atoms with Crippen molar-refractivity contribution >= 4 is 12.2 Å². The van der Waals surface area contributed by atoms with E-state index in [2.05, 4.69) is 17.6 Å². The Bertz CT molecular complexity index is 388. The lowest BCUT2D eigenvalue weighted by atomic mass is 10.2. The maximum absolute atomic E-state index is 4.21. The van der Waals surface area contributed by atoms with Crippen LogP contribution in [0.5, 0.6) is 0 Å². The molecule has 0 aliphatic rings. The first-order chi connectivity index (χ1) is 5.77. The first-order valence-corrected chi connectivity index (χ1v) is 3.99. The van der Waals surface area contributed by atoms with Crippen molar-refractivity contribution < 1.29 is 0 Å². The van der Waals surface area contributed by atoms with Gasteiger partial charge in [-0.05, 0) is 30.4 Å². The van der Waals surface area contributed by atoms with Crippen LogP contribution in [-0.2, 0) is 0 Å². The molecule has 0 aliphatic carbocycles. The molecule has 0 saturated heterocycles. The zero-order valence-corrected chi connectivity index (χ0v) is 7.54. The van der Waals surface area contributed by atoms with Crippen molar-refractivity contribution in [3.8, 4) is 0 Å². The van der Waals surface area contributed by atoms with Gasteiger partial charge in [0.2, 0.25) is 0 Å². The number of rotatable bonds is 1. The van der Waals surface area contributed by atoms with Gasteiger partial charge in [-0.1, -0.05) is 24.8 Å². The molecule has 0 unspecified atom stereocenters. The van der Waals surface area contributed by atoms with E-state index in [1.54, 1.807) is 6.08 Å². The van der Waals surface area contributed by atoms with E-state index in [4.69, 9.17) is 0 Å². The molecule has 0 N–H and O–H groups in total. The highest BCUT2D eigenvalue weighted by Crippen LogP contribution is 1.79. The standard InChI is InChI=1S/C11H13N/c1-4-6-11-7-9(3)12-8-10(11)5-2/h4-8H,1H2,2-3H3/b10-5-,11-6-. The third kappa shape index (κ3) is 1.82. The molecule has 0 aliphatic heterocycles. The van der Waals surface area contributed by atoms with Gasteiger partial charge in [-0.25, -0.2) is 0 Å². The fraction of sp³-hybridized carbons (Fsp3) is 0.182. The van der Waals surface area contributed by atoms with Crippen molar-refractivity contribution in [1.29, 1.82) is 0 Å². The molecule has 1 heterocycles. The van der Waals surface area contributed by atoms with Crippen LogP contribution in [0.1, 0.15) is 12.6 Å². The summed E-state index contributed by atoms with van der Waals surface area (Å²) in [7, 11) is 0. The van der Waals surface area contributed by atoms with E-state index in [1.807, 2.05) is 32.2 Å². The summed E-state index contributed by atoms with van der Waals surface area (Å²) in [5.41, 5.74) is 1.04. The average Bonchev–Trinajstić information content (AvgIpc) is 2.05. The van der Waals surface area contributed by atoms with Gasteiger partial charge in [0.25, 0.3) is 0 Å². The average molecular weight is 159 g/mol. The maximum atomic E-state index is 4.21. The van der Waals surface area contributed by atoms with Gasteiger partial charge < -0.3 is 0 Å². The van der Waals surface area contributed by atoms with Gasteiger partial charge in [0.05, 0.1) is 0 Å². The van der Waals surface area contributed by atoms with Crippen LogP contribution in [0.3, 0.4) is 0 Å². The van der Waals surface area contributed by atoms with Crippen LogP contribution in [0, 0.1) is 6.92 Å². The summed E-state index contributed by atoms with van der Waals surface area (Å²) in [5.74, 6) is 0. The molecule has 12 heavy (non-hydrogen) atoms. The number of hydrogen-bond donors (Lipinski definition) is 0. The number of nitrogens with zero attached hydrogens (tertiary/aromatic N) is 1. The predicted octanol–water partition coefficient (Wildman–Crippen LogP) is 1.16. The summed E-state index contributed by atoms with van der Waals surface area (Å²) in [5, 5.41) is 2.33. The third-order valence-electron chi connectivity index (χ3n) is 1.71. The predicted molar refractivity (Wildman–Crippen MR) is 53.0 cm³/mol. The Morgan fingerprint density at radius 2 is 2.17 bits per heavy atom. The number of aromatic nitrogens is 1. The molecular formula is C11H13N. The quantitative estimate of drug-likeness (QED) is 0.599. The maximum Gasteiger partial charge on any atom is 0.0379 e. The molecule has 0 atom stereocenters. The van der Waals surface area contributed by atoms with Gasteiger partial charge in [0, 0.05) is 11.9 Å². The second-order valence-corrected chi connectivity index (χ2v) is 2.65. The summed E-state index contributed by atoms with van der Waals surface area (Å²) in [6.45, 7) is 7.66. The second kappa shape index (κ2) is 3.86. The smallest absolute Gasteiger partial charge is 0.0379 e. The van der Waals surface area contributed by atoms with Gasteiger partial charge >= 0.3 is 0 Å². The summed E-state index contributed by atoms with van der Waals surface area (Å²) < 4.78 is 0. The molecule has 1 nitrogen and oxygen atoms in total. The molecule has 62 valence electrons. The van der Waals surface area contributed by atoms with Gasteiger partial charge in [-0.3, -0.25) is 4.98 Å². The van der Waals surface area contributed by atoms with Crippen LogP contribution in [0.25, 0.3) is 12.2 Å². The summed E-state index contributed by atoms with van der Waals surface area (Å²) in [4.78, 5) is 4.21. The highest BCUT2D eigenvalue weighted by molar-refractivity contribution is 5.37. The van der Waals surface area contributed by atoms with Gasteiger partial charge in [-0.15, -0.1) is 0 Å². The molecule has 0 amide bonds. The van der Waals surface area contributed by atoms with Crippen molar-refractivity contribution in [3.63, 3.8) is 0 Å². The fourth-order valence-corrected chi connectivity index (χ4v) is 1.10. The van der Waals surface area contributed by atoms with E-state index in [9.17, 15) is 0 Å². The third-order valence-corrected chi connectivity index (χ3v) is 1.71. The number of hydrogen-bond acceptors (Lipinski definition) is 1. The van der Waals surface area contributed by atoms with Crippen LogP contribution in [0.15, 0.2) is 24.9 Å². The molecule has 0 bridgehead atoms. The van der Waals surface area contributed by atoms with E-state index < -0.39 is 0 Å². The monoisotopic (exact) mass is 159 g/mol. The van der Waals surface area contributed by atoms with Gasteiger partial charge in [-0.2, -0.15) is 0 Å². The Kier molecular flexibility index (Phi) is 2.81. The lowest BCUT2D eigenvalue weighted by Crippen LogP contribution is -2.24. The van der Waals surface area contributed by atoms with Crippen molar-refractivity contribution in [2.45, 2.75) is 13.8 Å². The van der Waals surface area contributed by atoms with Crippen LogP contribution in [-0.4, -0.2) is 4.98 Å². The Balaban J connectivity index is 3.53. The van der Waals surface area contributed by atoms with Crippen molar-refractivity contribution in [2.24, 2.45) is 0 Å². The van der Waals surface area contributed by atoms with Crippen LogP contribution in [0.4, 0.5) is 0 Å². The molecule has 1 aromatic rings. The van der Waals surface area contributed by atoms with E-state index in [0.717, 1.165) is 10.9 Å². The molecule has 0 spiro atoms. The minimum Gasteiger partial charge on any atom is -0.261 e. The Morgan fingerprint density at radius 1 is 1.42 bits per heavy atom. The Morgan fingerprint density at radius 3 is 2.75 bits per heavy atom. The molecule has 0 saturated carbocycles. The summed E-state index contributed by atoms with van der Waals surface area (Å²) in [6.07, 6.45) is 7.71. The zero-order chi connectivity index (χ0) is 8.97. The van der Waals surface area contributed by atoms with Crippen molar-refractivity contribution in [2.75, 3.05) is 0 Å². The van der Waals surface area contributed by atoms with E-state index >= 15 is 0 Å². The number of aryl methyl sites for hydroxylation is 1. The van der Waals surface area contributed by atoms with E-state index in [1.165, 1.54) is 5.22 Å². The molecule has 1 aromatic heterocycles. The topological polar surface area (TPSA) is 12.9 Å². The lowest BCUT2D eigenvalue weighted by molar-refractivity contribution is 1.17. The first-order valence-electron chi connectivity index (χ1n) is 3.99. The molecular weight excluding hydrogens is 146 g/mol. The highest BCUT2D eigenvalue weighted by Gasteiger charge is 1.85. The van der Waals surface area contributed by atoms with Crippen LogP contribution >= 0.6 is 0 Å². The first kappa shape index (κ1) is 8.72. The second-order valence-electron chi connectivity index (χ2n) is 2.65. The minimum atomic E-state index is 1.04. The summed E-state index contributed by atoms with van der Waals surface area (Å²) >= 11 is 0.